The molecular weight excluding hydrogens is 202 g/mol. The average Bonchev–Trinajstić information content (AvgIpc) is 2.17. The first kappa shape index (κ1) is 11.2. The van der Waals surface area contributed by atoms with Crippen LogP contribution in [0.25, 0.3) is 0 Å². The van der Waals surface area contributed by atoms with Crippen LogP contribution in [0.15, 0.2) is 12.4 Å². The highest BCUT2D eigenvalue weighted by Gasteiger charge is 2.06. The Morgan fingerprint density at radius 2 is 2.21 bits per heavy atom. The predicted molar refractivity (Wildman–Crippen MR) is 56.6 cm³/mol. The van der Waals surface area contributed by atoms with Gasteiger partial charge in [-0.05, 0) is 6.42 Å². The monoisotopic (exact) mass is 215 g/mol. The molecule has 0 bridgehead atoms. The molecule has 0 aliphatic carbocycles. The number of rotatable bonds is 5. The summed E-state index contributed by atoms with van der Waals surface area (Å²) >= 11 is 5.73. The Balaban J connectivity index is 2.75. The minimum absolute atomic E-state index is 0.105. The van der Waals surface area contributed by atoms with Gasteiger partial charge < -0.3 is 10.0 Å². The molecule has 1 aromatic rings. The highest BCUT2D eigenvalue weighted by atomic mass is 35.5. The number of aromatic nitrogens is 2. The lowest BCUT2D eigenvalue weighted by atomic mass is 10.4. The largest absolute Gasteiger partial charge is 0.395 e. The average molecular weight is 216 g/mol. The van der Waals surface area contributed by atoms with Crippen LogP contribution in [0.2, 0.25) is 5.15 Å². The first-order valence-corrected chi connectivity index (χ1v) is 4.99. The molecule has 1 heterocycles. The van der Waals surface area contributed by atoms with E-state index in [4.69, 9.17) is 16.7 Å². The van der Waals surface area contributed by atoms with Crippen molar-refractivity contribution in [2.75, 3.05) is 24.6 Å². The van der Waals surface area contributed by atoms with Gasteiger partial charge in [0, 0.05) is 13.1 Å². The second kappa shape index (κ2) is 5.78. The van der Waals surface area contributed by atoms with Gasteiger partial charge in [-0.15, -0.1) is 0 Å². The highest BCUT2D eigenvalue weighted by molar-refractivity contribution is 6.29. The molecule has 0 aliphatic rings. The van der Waals surface area contributed by atoms with Crippen molar-refractivity contribution in [1.29, 1.82) is 0 Å². The molecule has 0 spiro atoms. The summed E-state index contributed by atoms with van der Waals surface area (Å²) in [6.45, 7) is 3.58. The molecule has 78 valence electrons. The van der Waals surface area contributed by atoms with Gasteiger partial charge in [0.15, 0.2) is 0 Å². The Labute approximate surface area is 88.6 Å². The lowest BCUT2D eigenvalue weighted by Crippen LogP contribution is -2.28. The molecule has 4 nitrogen and oxygen atoms in total. The van der Waals surface area contributed by atoms with Gasteiger partial charge in [-0.2, -0.15) is 0 Å². The van der Waals surface area contributed by atoms with E-state index in [-0.39, 0.29) is 6.61 Å². The fourth-order valence-electron chi connectivity index (χ4n) is 1.22. The van der Waals surface area contributed by atoms with Crippen molar-refractivity contribution in [3.63, 3.8) is 0 Å². The highest BCUT2D eigenvalue weighted by Crippen LogP contribution is 2.12. The van der Waals surface area contributed by atoms with E-state index in [0.717, 1.165) is 13.0 Å². The number of hydrogen-bond acceptors (Lipinski definition) is 4. The number of anilines is 1. The zero-order chi connectivity index (χ0) is 10.4. The topological polar surface area (TPSA) is 49.2 Å². The molecule has 0 atom stereocenters. The van der Waals surface area contributed by atoms with Crippen molar-refractivity contribution >= 4 is 17.4 Å². The van der Waals surface area contributed by atoms with E-state index >= 15 is 0 Å². The van der Waals surface area contributed by atoms with Gasteiger partial charge >= 0.3 is 0 Å². The van der Waals surface area contributed by atoms with E-state index in [2.05, 4.69) is 16.9 Å². The van der Waals surface area contributed by atoms with Gasteiger partial charge in [0.25, 0.3) is 0 Å². The molecule has 0 saturated heterocycles. The Kier molecular flexibility index (Phi) is 4.62. The van der Waals surface area contributed by atoms with Gasteiger partial charge in [0.1, 0.15) is 11.0 Å². The van der Waals surface area contributed by atoms with Crippen molar-refractivity contribution in [2.24, 2.45) is 0 Å². The summed E-state index contributed by atoms with van der Waals surface area (Å²) in [6, 6.07) is 0. The molecule has 0 radical (unpaired) electrons. The Morgan fingerprint density at radius 3 is 2.79 bits per heavy atom. The van der Waals surface area contributed by atoms with E-state index in [1.54, 1.807) is 6.20 Å². The number of aliphatic hydroxyl groups is 1. The number of hydrogen-bond donors (Lipinski definition) is 1. The van der Waals surface area contributed by atoms with Crippen LogP contribution in [0.5, 0.6) is 0 Å². The van der Waals surface area contributed by atoms with Gasteiger partial charge in [-0.1, -0.05) is 18.5 Å². The lowest BCUT2D eigenvalue weighted by molar-refractivity contribution is 0.301. The first-order valence-electron chi connectivity index (χ1n) is 4.61. The summed E-state index contributed by atoms with van der Waals surface area (Å²) in [4.78, 5) is 10.0. The van der Waals surface area contributed by atoms with Gasteiger partial charge in [-0.3, -0.25) is 4.98 Å². The third-order valence-corrected chi connectivity index (χ3v) is 1.96. The molecule has 0 unspecified atom stereocenters. The third kappa shape index (κ3) is 3.12. The maximum atomic E-state index is 8.87. The van der Waals surface area contributed by atoms with Crippen molar-refractivity contribution in [3.05, 3.63) is 17.5 Å². The van der Waals surface area contributed by atoms with Crippen LogP contribution in [-0.4, -0.2) is 34.8 Å². The Bertz CT molecular complexity index is 277. The second-order valence-corrected chi connectivity index (χ2v) is 3.30. The standard InChI is InChI=1S/C9H14ClN3O/c1-2-3-13(4-5-14)9-7-11-6-8(10)12-9/h6-7,14H,2-5H2,1H3. The molecule has 0 amide bonds. The second-order valence-electron chi connectivity index (χ2n) is 2.91. The summed E-state index contributed by atoms with van der Waals surface area (Å²) in [7, 11) is 0. The summed E-state index contributed by atoms with van der Waals surface area (Å²) in [5, 5.41) is 9.25. The van der Waals surface area contributed by atoms with Crippen molar-refractivity contribution in [1.82, 2.24) is 9.97 Å². The van der Waals surface area contributed by atoms with Crippen LogP contribution in [-0.2, 0) is 0 Å². The molecule has 5 heteroatoms. The summed E-state index contributed by atoms with van der Waals surface area (Å²) in [5.41, 5.74) is 0. The molecule has 14 heavy (non-hydrogen) atoms. The van der Waals surface area contributed by atoms with Gasteiger partial charge in [0.2, 0.25) is 0 Å². The van der Waals surface area contributed by atoms with Crippen LogP contribution < -0.4 is 4.90 Å². The molecule has 0 fully saturated rings. The number of halogens is 1. The van der Waals surface area contributed by atoms with Crippen LogP contribution in [0.4, 0.5) is 5.82 Å². The van der Waals surface area contributed by atoms with E-state index in [1.165, 1.54) is 6.20 Å². The zero-order valence-electron chi connectivity index (χ0n) is 8.15. The maximum Gasteiger partial charge on any atom is 0.149 e. The Morgan fingerprint density at radius 1 is 1.43 bits per heavy atom. The van der Waals surface area contributed by atoms with Crippen LogP contribution in [0.3, 0.4) is 0 Å². The fourth-order valence-corrected chi connectivity index (χ4v) is 1.36. The quantitative estimate of drug-likeness (QED) is 0.806. The first-order chi connectivity index (χ1) is 6.77. The van der Waals surface area contributed by atoms with E-state index < -0.39 is 0 Å². The van der Waals surface area contributed by atoms with Crippen molar-refractivity contribution in [3.8, 4) is 0 Å². The summed E-state index contributed by atoms with van der Waals surface area (Å²) in [6.07, 6.45) is 4.14. The van der Waals surface area contributed by atoms with E-state index in [0.29, 0.717) is 17.5 Å². The molecule has 1 aromatic heterocycles. The molecule has 1 rings (SSSR count). The van der Waals surface area contributed by atoms with E-state index in [1.807, 2.05) is 4.90 Å². The summed E-state index contributed by atoms with van der Waals surface area (Å²) in [5.74, 6) is 0.716. The van der Waals surface area contributed by atoms with Crippen molar-refractivity contribution < 1.29 is 5.11 Å². The SMILES string of the molecule is CCCN(CCO)c1cncc(Cl)n1. The number of nitrogens with zero attached hydrogens (tertiary/aromatic N) is 3. The van der Waals surface area contributed by atoms with Crippen LogP contribution in [0, 0.1) is 0 Å². The lowest BCUT2D eigenvalue weighted by Gasteiger charge is -2.21. The molecule has 0 aliphatic heterocycles. The zero-order valence-corrected chi connectivity index (χ0v) is 8.91. The van der Waals surface area contributed by atoms with Gasteiger partial charge in [0.05, 0.1) is 19.0 Å². The smallest absolute Gasteiger partial charge is 0.149 e. The third-order valence-electron chi connectivity index (χ3n) is 1.78. The Hall–Kier alpha value is -0.870. The fraction of sp³-hybridized carbons (Fsp3) is 0.556. The minimum atomic E-state index is 0.105. The normalized spacial score (nSPS) is 10.2. The molecular formula is C9H14ClN3O. The molecule has 0 aromatic carbocycles. The van der Waals surface area contributed by atoms with Crippen LogP contribution in [0.1, 0.15) is 13.3 Å². The number of aliphatic hydroxyl groups excluding tert-OH is 1. The van der Waals surface area contributed by atoms with Crippen LogP contribution >= 0.6 is 11.6 Å². The predicted octanol–water partition coefficient (Wildman–Crippen LogP) is 1.34. The van der Waals surface area contributed by atoms with Crippen molar-refractivity contribution in [2.45, 2.75) is 13.3 Å². The molecule has 1 N–H and O–H groups in total. The molecule has 0 saturated carbocycles. The van der Waals surface area contributed by atoms with Gasteiger partial charge in [-0.25, -0.2) is 4.98 Å². The van der Waals surface area contributed by atoms with E-state index in [9.17, 15) is 0 Å². The summed E-state index contributed by atoms with van der Waals surface area (Å²) < 4.78 is 0. The minimum Gasteiger partial charge on any atom is -0.395 e. The maximum absolute atomic E-state index is 8.87.